The first-order valence-corrected chi connectivity index (χ1v) is 10.6. The van der Waals surface area contributed by atoms with Crippen molar-refractivity contribution in [3.05, 3.63) is 41.0 Å². The monoisotopic (exact) mass is 399 g/mol. The van der Waals surface area contributed by atoms with Crippen LogP contribution < -0.4 is 16.9 Å². The van der Waals surface area contributed by atoms with Crippen molar-refractivity contribution in [3.63, 3.8) is 0 Å². The Hall–Kier alpha value is -2.63. The molecule has 0 amide bonds. The summed E-state index contributed by atoms with van der Waals surface area (Å²) in [6, 6.07) is 8.05. The molecule has 1 aromatic carbocycles. The number of aldehydes is 1. The molecule has 5 N–H and O–H groups in total. The third-order valence-corrected chi connectivity index (χ3v) is 4.86. The van der Waals surface area contributed by atoms with Gasteiger partial charge < -0.3 is 16.9 Å². The quantitative estimate of drug-likeness (QED) is 0.154. The summed E-state index contributed by atoms with van der Waals surface area (Å²) in [5.74, 6) is 0.150. The number of unbranched alkanes of at least 4 members (excludes halogenated alkanes) is 2. The smallest absolute Gasteiger partial charge is 0.168 e. The second kappa shape index (κ2) is 13.5. The molecule has 1 unspecified atom stereocenters. The molecule has 6 nitrogen and oxygen atoms in total. The van der Waals surface area contributed by atoms with Crippen molar-refractivity contribution in [2.24, 2.45) is 21.6 Å². The lowest BCUT2D eigenvalue weighted by Gasteiger charge is -2.15. The average molecular weight is 400 g/mol. The number of hydrogen-bond donors (Lipinski definition) is 3. The molecule has 0 spiro atoms. The van der Waals surface area contributed by atoms with Crippen molar-refractivity contribution in [2.45, 2.75) is 71.8 Å². The summed E-state index contributed by atoms with van der Waals surface area (Å²) >= 11 is 0. The number of rotatable bonds is 13. The van der Waals surface area contributed by atoms with Crippen LogP contribution in [-0.2, 0) is 11.2 Å². The number of carbonyl (C=O) groups excluding carboxylic acids is 1. The van der Waals surface area contributed by atoms with Gasteiger partial charge in [-0.3, -0.25) is 9.79 Å². The normalized spacial score (nSPS) is 14.3. The van der Waals surface area contributed by atoms with Crippen molar-refractivity contribution in [1.29, 1.82) is 0 Å². The van der Waals surface area contributed by atoms with Crippen molar-refractivity contribution in [3.8, 4) is 0 Å². The zero-order valence-corrected chi connectivity index (χ0v) is 18.4. The van der Waals surface area contributed by atoms with E-state index in [1.54, 1.807) is 7.05 Å². The summed E-state index contributed by atoms with van der Waals surface area (Å²) in [6.07, 6.45) is 7.99. The number of amidine groups is 1. The largest absolute Gasteiger partial charge is 0.398 e. The molecule has 0 aliphatic carbocycles. The van der Waals surface area contributed by atoms with Crippen LogP contribution in [0, 0.1) is 0 Å². The first kappa shape index (κ1) is 24.4. The summed E-state index contributed by atoms with van der Waals surface area (Å²) in [4.78, 5) is 16.7. The van der Waals surface area contributed by atoms with Gasteiger partial charge in [-0.2, -0.15) is 5.10 Å². The number of hydrazone groups is 1. The first-order valence-electron chi connectivity index (χ1n) is 10.6. The highest BCUT2D eigenvalue weighted by atomic mass is 16.1. The molecule has 0 aromatic heterocycles. The van der Waals surface area contributed by atoms with Gasteiger partial charge in [-0.1, -0.05) is 70.7 Å². The number of aryl methyl sites for hydroxylation is 1. The fraction of sp³-hybridized carbons (Fsp3) is 0.522. The lowest BCUT2D eigenvalue weighted by molar-refractivity contribution is -0.102. The van der Waals surface area contributed by atoms with Crippen LogP contribution in [0.2, 0.25) is 0 Å². The third-order valence-electron chi connectivity index (χ3n) is 4.86. The number of nitrogens with one attached hydrogen (secondary N) is 1. The van der Waals surface area contributed by atoms with Gasteiger partial charge in [-0.25, -0.2) is 0 Å². The molecule has 0 radical (unpaired) electrons. The summed E-state index contributed by atoms with van der Waals surface area (Å²) in [5.41, 5.74) is 18.4. The molecule has 0 heterocycles. The van der Waals surface area contributed by atoms with E-state index in [9.17, 15) is 4.79 Å². The maximum Gasteiger partial charge on any atom is 0.168 e. The molecular formula is C23H37N5O. The maximum atomic E-state index is 12.0. The van der Waals surface area contributed by atoms with E-state index < -0.39 is 0 Å². The Morgan fingerprint density at radius 2 is 1.79 bits per heavy atom. The average Bonchev–Trinajstić information content (AvgIpc) is 2.73. The topological polar surface area (TPSA) is 106 Å². The molecule has 0 bridgehead atoms. The summed E-state index contributed by atoms with van der Waals surface area (Å²) in [6.45, 7) is 6.39. The number of nitrogens with two attached hydrogens (primary N) is 2. The highest BCUT2D eigenvalue weighted by Gasteiger charge is 2.19. The molecule has 1 rings (SSSR count). The van der Waals surface area contributed by atoms with Gasteiger partial charge in [0.05, 0.1) is 17.3 Å². The van der Waals surface area contributed by atoms with Gasteiger partial charge in [0.2, 0.25) is 0 Å². The standard InChI is InChI=1S/C23H37N5O/c1-5-8-9-11-19(7-3)27-20(16-29)21(23(25)28-26-4)22(24)18-14-12-17(10-6-2)13-15-18/h12-16,19,26H,5-11,24H2,1-4H3,(H2,25,28). The van der Waals surface area contributed by atoms with Gasteiger partial charge in [0, 0.05) is 7.05 Å². The van der Waals surface area contributed by atoms with Gasteiger partial charge in [0.15, 0.2) is 12.1 Å². The van der Waals surface area contributed by atoms with Crippen molar-refractivity contribution in [2.75, 3.05) is 7.05 Å². The molecule has 6 heteroatoms. The van der Waals surface area contributed by atoms with Crippen LogP contribution in [0.1, 0.15) is 70.4 Å². The molecule has 0 saturated heterocycles. The van der Waals surface area contributed by atoms with Crippen molar-refractivity contribution in [1.82, 2.24) is 5.43 Å². The molecule has 0 aliphatic heterocycles. The van der Waals surface area contributed by atoms with Crippen LogP contribution in [0.5, 0.6) is 0 Å². The van der Waals surface area contributed by atoms with Crippen LogP contribution in [0.4, 0.5) is 0 Å². The van der Waals surface area contributed by atoms with E-state index >= 15 is 0 Å². The Labute approximate surface area is 175 Å². The zero-order chi connectivity index (χ0) is 21.6. The number of hydrogen-bond acceptors (Lipinski definition) is 5. The molecule has 0 saturated carbocycles. The fourth-order valence-corrected chi connectivity index (χ4v) is 3.21. The second-order valence-electron chi connectivity index (χ2n) is 7.15. The van der Waals surface area contributed by atoms with Gasteiger partial charge in [-0.15, -0.1) is 0 Å². The molecular weight excluding hydrogens is 362 g/mol. The Morgan fingerprint density at radius 1 is 1.10 bits per heavy atom. The minimum Gasteiger partial charge on any atom is -0.398 e. The van der Waals surface area contributed by atoms with E-state index in [4.69, 9.17) is 16.5 Å². The Kier molecular flexibility index (Phi) is 11.4. The molecule has 160 valence electrons. The van der Waals surface area contributed by atoms with Gasteiger partial charge >= 0.3 is 0 Å². The van der Waals surface area contributed by atoms with E-state index in [0.717, 1.165) is 56.8 Å². The maximum absolute atomic E-state index is 12.0. The van der Waals surface area contributed by atoms with Crippen molar-refractivity contribution < 1.29 is 4.79 Å². The predicted molar refractivity (Wildman–Crippen MR) is 124 cm³/mol. The van der Waals surface area contributed by atoms with E-state index in [1.165, 1.54) is 5.56 Å². The predicted octanol–water partition coefficient (Wildman–Crippen LogP) is 3.80. The van der Waals surface area contributed by atoms with E-state index in [1.807, 2.05) is 24.3 Å². The van der Waals surface area contributed by atoms with Gasteiger partial charge in [0.25, 0.3) is 0 Å². The lowest BCUT2D eigenvalue weighted by atomic mass is 9.99. The van der Waals surface area contributed by atoms with Crippen LogP contribution in [0.25, 0.3) is 5.70 Å². The highest BCUT2D eigenvalue weighted by molar-refractivity contribution is 6.46. The van der Waals surface area contributed by atoms with E-state index in [2.05, 4.69) is 31.3 Å². The lowest BCUT2D eigenvalue weighted by Crippen LogP contribution is -2.28. The summed E-state index contributed by atoms with van der Waals surface area (Å²) in [5, 5.41) is 4.06. The minimum atomic E-state index is 0.0545. The van der Waals surface area contributed by atoms with E-state index in [-0.39, 0.29) is 17.6 Å². The summed E-state index contributed by atoms with van der Waals surface area (Å²) in [7, 11) is 1.65. The number of nitrogens with zero attached hydrogens (tertiary/aromatic N) is 2. The molecule has 0 fully saturated rings. The third kappa shape index (κ3) is 7.72. The Morgan fingerprint density at radius 3 is 2.31 bits per heavy atom. The molecule has 0 aliphatic rings. The van der Waals surface area contributed by atoms with Gasteiger partial charge in [-0.05, 0) is 30.4 Å². The Bertz CT molecular complexity index is 719. The number of carbonyl (C=O) groups is 1. The second-order valence-corrected chi connectivity index (χ2v) is 7.15. The molecule has 1 atom stereocenters. The number of aliphatic imine (C=N–C) groups is 1. The Balaban J connectivity index is 3.39. The number of benzene rings is 1. The zero-order valence-electron chi connectivity index (χ0n) is 18.4. The van der Waals surface area contributed by atoms with Crippen LogP contribution in [0.3, 0.4) is 0 Å². The minimum absolute atomic E-state index is 0.0545. The van der Waals surface area contributed by atoms with Crippen LogP contribution >= 0.6 is 0 Å². The van der Waals surface area contributed by atoms with Crippen molar-refractivity contribution >= 4 is 23.5 Å². The first-order chi connectivity index (χ1) is 14.0. The SMILES string of the molecule is CCCCCC(CC)N=C(C=O)C(=C(N)c1ccc(CCC)cc1)/C(N)=N\NC. The molecule has 1 aromatic rings. The highest BCUT2D eigenvalue weighted by Crippen LogP contribution is 2.19. The van der Waals surface area contributed by atoms with E-state index in [0.29, 0.717) is 11.3 Å². The molecule has 29 heavy (non-hydrogen) atoms. The van der Waals surface area contributed by atoms with Crippen LogP contribution in [0.15, 0.2) is 39.9 Å². The fourth-order valence-electron chi connectivity index (χ4n) is 3.21. The summed E-state index contributed by atoms with van der Waals surface area (Å²) < 4.78 is 0. The van der Waals surface area contributed by atoms with Crippen LogP contribution in [-0.4, -0.2) is 30.9 Å². The van der Waals surface area contributed by atoms with Gasteiger partial charge in [0.1, 0.15) is 5.71 Å².